The molecule has 0 saturated carbocycles. The van der Waals surface area contributed by atoms with E-state index in [1.165, 1.54) is 11.8 Å². The summed E-state index contributed by atoms with van der Waals surface area (Å²) in [6.45, 7) is 2.53. The SMILES string of the molecule is CCOc1ccc(-n2c(SCC(=O)Nc3cccc(Br)c3)nnc2-c2cccc(Cl)c2)cc1. The summed E-state index contributed by atoms with van der Waals surface area (Å²) >= 11 is 10.9. The number of rotatable bonds is 8. The molecule has 6 nitrogen and oxygen atoms in total. The Bertz CT molecular complexity index is 1260. The Balaban J connectivity index is 1.61. The highest BCUT2D eigenvalue weighted by Crippen LogP contribution is 2.30. The van der Waals surface area contributed by atoms with E-state index in [4.69, 9.17) is 16.3 Å². The fourth-order valence-electron chi connectivity index (χ4n) is 3.16. The maximum absolute atomic E-state index is 12.5. The Morgan fingerprint density at radius 3 is 2.61 bits per heavy atom. The van der Waals surface area contributed by atoms with Crippen LogP contribution in [0.5, 0.6) is 5.75 Å². The highest BCUT2D eigenvalue weighted by atomic mass is 79.9. The molecule has 0 aliphatic carbocycles. The number of halogens is 2. The lowest BCUT2D eigenvalue weighted by Crippen LogP contribution is -2.14. The second-order valence-corrected chi connectivity index (χ2v) is 9.22. The first-order valence-electron chi connectivity index (χ1n) is 10.2. The lowest BCUT2D eigenvalue weighted by Gasteiger charge is -2.12. The first-order valence-corrected chi connectivity index (χ1v) is 12.3. The topological polar surface area (TPSA) is 69.0 Å². The van der Waals surface area contributed by atoms with Gasteiger partial charge < -0.3 is 10.1 Å². The number of nitrogens with zero attached hydrogens (tertiary/aromatic N) is 3. The van der Waals surface area contributed by atoms with E-state index in [9.17, 15) is 4.79 Å². The Morgan fingerprint density at radius 2 is 1.88 bits per heavy atom. The van der Waals surface area contributed by atoms with Gasteiger partial charge in [0.2, 0.25) is 5.91 Å². The maximum atomic E-state index is 12.5. The van der Waals surface area contributed by atoms with Crippen LogP contribution in [0.4, 0.5) is 5.69 Å². The van der Waals surface area contributed by atoms with Crippen molar-refractivity contribution in [2.75, 3.05) is 17.7 Å². The van der Waals surface area contributed by atoms with Gasteiger partial charge in [0, 0.05) is 26.4 Å². The van der Waals surface area contributed by atoms with Gasteiger partial charge in [-0.15, -0.1) is 10.2 Å². The number of ether oxygens (including phenoxy) is 1. The monoisotopic (exact) mass is 542 g/mol. The number of aromatic nitrogens is 3. The molecule has 1 aromatic heterocycles. The second-order valence-electron chi connectivity index (χ2n) is 6.93. The number of hydrogen-bond donors (Lipinski definition) is 1. The summed E-state index contributed by atoms with van der Waals surface area (Å²) in [6.07, 6.45) is 0. The molecule has 1 N–H and O–H groups in total. The first-order chi connectivity index (χ1) is 16.0. The van der Waals surface area contributed by atoms with E-state index in [2.05, 4.69) is 31.4 Å². The van der Waals surface area contributed by atoms with Crippen molar-refractivity contribution in [3.8, 4) is 22.8 Å². The van der Waals surface area contributed by atoms with E-state index in [1.807, 2.05) is 84.3 Å². The molecule has 1 heterocycles. The minimum Gasteiger partial charge on any atom is -0.494 e. The van der Waals surface area contributed by atoms with E-state index in [1.54, 1.807) is 0 Å². The molecule has 168 valence electrons. The highest BCUT2D eigenvalue weighted by molar-refractivity contribution is 9.10. The molecule has 0 spiro atoms. The number of benzene rings is 3. The van der Waals surface area contributed by atoms with Crippen LogP contribution in [0.2, 0.25) is 5.02 Å². The molecule has 0 fully saturated rings. The molecular formula is C24H20BrClN4O2S. The van der Waals surface area contributed by atoms with Gasteiger partial charge in [-0.05, 0) is 61.5 Å². The summed E-state index contributed by atoms with van der Waals surface area (Å²) in [4.78, 5) is 12.5. The van der Waals surface area contributed by atoms with Crippen LogP contribution in [0.1, 0.15) is 6.92 Å². The van der Waals surface area contributed by atoms with E-state index >= 15 is 0 Å². The van der Waals surface area contributed by atoms with Crippen LogP contribution in [-0.2, 0) is 4.79 Å². The number of carbonyl (C=O) groups is 1. The van der Waals surface area contributed by atoms with Crippen molar-refractivity contribution in [2.45, 2.75) is 12.1 Å². The van der Waals surface area contributed by atoms with Gasteiger partial charge in [0.1, 0.15) is 5.75 Å². The van der Waals surface area contributed by atoms with Crippen LogP contribution < -0.4 is 10.1 Å². The van der Waals surface area contributed by atoms with Crippen LogP contribution >= 0.6 is 39.3 Å². The number of hydrogen-bond acceptors (Lipinski definition) is 5. The summed E-state index contributed by atoms with van der Waals surface area (Å²) in [5.74, 6) is 1.46. The molecule has 33 heavy (non-hydrogen) atoms. The van der Waals surface area contributed by atoms with Crippen LogP contribution in [-0.4, -0.2) is 33.0 Å². The summed E-state index contributed by atoms with van der Waals surface area (Å²) in [5.41, 5.74) is 2.41. The summed E-state index contributed by atoms with van der Waals surface area (Å²) in [7, 11) is 0. The minimum absolute atomic E-state index is 0.136. The molecule has 0 radical (unpaired) electrons. The smallest absolute Gasteiger partial charge is 0.234 e. The maximum Gasteiger partial charge on any atom is 0.234 e. The van der Waals surface area contributed by atoms with E-state index in [0.717, 1.165) is 27.2 Å². The van der Waals surface area contributed by atoms with E-state index in [0.29, 0.717) is 22.6 Å². The van der Waals surface area contributed by atoms with Crippen molar-refractivity contribution in [1.29, 1.82) is 0 Å². The van der Waals surface area contributed by atoms with Gasteiger partial charge in [-0.25, -0.2) is 0 Å². The van der Waals surface area contributed by atoms with Gasteiger partial charge in [-0.2, -0.15) is 0 Å². The summed E-state index contributed by atoms with van der Waals surface area (Å²) in [6, 6.07) is 22.6. The van der Waals surface area contributed by atoms with Crippen molar-refractivity contribution >= 4 is 50.9 Å². The Labute approximate surface area is 209 Å². The van der Waals surface area contributed by atoms with Crippen LogP contribution in [0.3, 0.4) is 0 Å². The molecular weight excluding hydrogens is 524 g/mol. The van der Waals surface area contributed by atoms with Crippen molar-refractivity contribution in [3.05, 3.63) is 82.3 Å². The highest BCUT2D eigenvalue weighted by Gasteiger charge is 2.18. The number of thioether (sulfide) groups is 1. The predicted octanol–water partition coefficient (Wildman–Crippen LogP) is 6.48. The van der Waals surface area contributed by atoms with Crippen LogP contribution in [0, 0.1) is 0 Å². The van der Waals surface area contributed by atoms with Gasteiger partial charge in [-0.1, -0.05) is 57.5 Å². The van der Waals surface area contributed by atoms with Crippen molar-refractivity contribution in [3.63, 3.8) is 0 Å². The number of carbonyl (C=O) groups excluding carboxylic acids is 1. The molecule has 4 aromatic rings. The number of anilines is 1. The van der Waals surface area contributed by atoms with Crippen LogP contribution in [0.25, 0.3) is 17.1 Å². The van der Waals surface area contributed by atoms with Gasteiger partial charge in [0.05, 0.1) is 12.4 Å². The average Bonchev–Trinajstić information content (AvgIpc) is 3.22. The standard InChI is InChI=1S/C24H20BrClN4O2S/c1-2-32-21-11-9-20(10-12-21)30-23(16-5-3-7-18(26)13-16)28-29-24(30)33-15-22(31)27-19-8-4-6-17(25)14-19/h3-14H,2,15H2,1H3,(H,27,31). The van der Waals surface area contributed by atoms with E-state index in [-0.39, 0.29) is 11.7 Å². The third-order valence-corrected chi connectivity index (χ3v) is 6.22. The Morgan fingerprint density at radius 1 is 1.09 bits per heavy atom. The molecule has 0 aliphatic rings. The number of nitrogens with one attached hydrogen (secondary N) is 1. The zero-order chi connectivity index (χ0) is 23.2. The molecule has 0 atom stereocenters. The lowest BCUT2D eigenvalue weighted by molar-refractivity contribution is -0.113. The van der Waals surface area contributed by atoms with Gasteiger partial charge >= 0.3 is 0 Å². The molecule has 0 saturated heterocycles. The van der Waals surface area contributed by atoms with Gasteiger partial charge in [-0.3, -0.25) is 9.36 Å². The number of amides is 1. The van der Waals surface area contributed by atoms with E-state index < -0.39 is 0 Å². The molecule has 9 heteroatoms. The Hall–Kier alpha value is -2.81. The van der Waals surface area contributed by atoms with Crippen molar-refractivity contribution < 1.29 is 9.53 Å². The molecule has 4 rings (SSSR count). The van der Waals surface area contributed by atoms with Crippen molar-refractivity contribution in [2.24, 2.45) is 0 Å². The summed E-state index contributed by atoms with van der Waals surface area (Å²) in [5, 5.41) is 12.9. The fraction of sp³-hybridized carbons (Fsp3) is 0.125. The average molecular weight is 544 g/mol. The second kappa shape index (κ2) is 10.9. The molecule has 0 unspecified atom stereocenters. The Kier molecular flexibility index (Phi) is 7.69. The molecule has 1 amide bonds. The lowest BCUT2D eigenvalue weighted by atomic mass is 10.2. The quantitative estimate of drug-likeness (QED) is 0.258. The minimum atomic E-state index is -0.136. The van der Waals surface area contributed by atoms with Crippen LogP contribution in [0.15, 0.2) is 82.4 Å². The molecule has 0 aliphatic heterocycles. The fourth-order valence-corrected chi connectivity index (χ4v) is 4.50. The first kappa shape index (κ1) is 23.4. The molecule has 3 aromatic carbocycles. The summed E-state index contributed by atoms with van der Waals surface area (Å²) < 4.78 is 8.38. The van der Waals surface area contributed by atoms with Gasteiger partial charge in [0.15, 0.2) is 11.0 Å². The largest absolute Gasteiger partial charge is 0.494 e. The third-order valence-electron chi connectivity index (χ3n) is 4.56. The zero-order valence-electron chi connectivity index (χ0n) is 17.7. The molecule has 0 bridgehead atoms. The normalized spacial score (nSPS) is 10.8. The third kappa shape index (κ3) is 5.96. The zero-order valence-corrected chi connectivity index (χ0v) is 20.8. The predicted molar refractivity (Wildman–Crippen MR) is 136 cm³/mol. The van der Waals surface area contributed by atoms with Gasteiger partial charge in [0.25, 0.3) is 0 Å². The van der Waals surface area contributed by atoms with Crippen molar-refractivity contribution in [1.82, 2.24) is 14.8 Å².